The molecule has 21 heavy (non-hydrogen) atoms. The van der Waals surface area contributed by atoms with E-state index in [9.17, 15) is 0 Å². The molecule has 2 rings (SSSR count). The van der Waals surface area contributed by atoms with Crippen molar-refractivity contribution >= 4 is 5.96 Å². The summed E-state index contributed by atoms with van der Waals surface area (Å²) in [4.78, 5) is 4.61. The predicted octanol–water partition coefficient (Wildman–Crippen LogP) is 1.51. The summed E-state index contributed by atoms with van der Waals surface area (Å²) in [5.41, 5.74) is 0. The fourth-order valence-electron chi connectivity index (χ4n) is 2.59. The molecule has 0 radical (unpaired) electrons. The van der Waals surface area contributed by atoms with Crippen LogP contribution in [0.15, 0.2) is 4.99 Å². The van der Waals surface area contributed by atoms with E-state index in [2.05, 4.69) is 51.2 Å². The smallest absolute Gasteiger partial charge is 0.191 e. The molecule has 0 aliphatic carbocycles. The fourth-order valence-corrected chi connectivity index (χ4v) is 2.59. The van der Waals surface area contributed by atoms with Gasteiger partial charge in [-0.25, -0.2) is 0 Å². The zero-order valence-electron chi connectivity index (χ0n) is 13.5. The minimum atomic E-state index is 0.382. The second-order valence-corrected chi connectivity index (χ2v) is 5.80. The third-order valence-corrected chi connectivity index (χ3v) is 3.56. The first-order chi connectivity index (χ1) is 10.2. The third kappa shape index (κ3) is 4.72. The van der Waals surface area contributed by atoms with Gasteiger partial charge in [0, 0.05) is 38.5 Å². The summed E-state index contributed by atoms with van der Waals surface area (Å²) in [6, 6.07) is 0.382. The van der Waals surface area contributed by atoms with Crippen LogP contribution in [-0.4, -0.2) is 39.9 Å². The predicted molar refractivity (Wildman–Crippen MR) is 85.5 cm³/mol. The van der Waals surface area contributed by atoms with Gasteiger partial charge in [0.2, 0.25) is 0 Å². The van der Waals surface area contributed by atoms with Crippen LogP contribution in [0.2, 0.25) is 0 Å². The highest BCUT2D eigenvalue weighted by atomic mass is 15.3. The van der Waals surface area contributed by atoms with Crippen LogP contribution in [0.4, 0.5) is 0 Å². The molecule has 0 fully saturated rings. The van der Waals surface area contributed by atoms with E-state index in [1.54, 1.807) is 0 Å². The van der Waals surface area contributed by atoms with Crippen LogP contribution in [0.5, 0.6) is 0 Å². The molecule has 6 nitrogen and oxygen atoms in total. The van der Waals surface area contributed by atoms with Gasteiger partial charge in [0.15, 0.2) is 5.96 Å². The summed E-state index contributed by atoms with van der Waals surface area (Å²) in [7, 11) is 0. The van der Waals surface area contributed by atoms with Crippen molar-refractivity contribution in [2.45, 2.75) is 65.5 Å². The van der Waals surface area contributed by atoms with Crippen molar-refractivity contribution < 1.29 is 0 Å². The summed E-state index contributed by atoms with van der Waals surface area (Å²) in [6.45, 7) is 8.98. The lowest BCUT2D eigenvalue weighted by molar-refractivity contribution is 0.604. The number of rotatable bonds is 5. The molecule has 1 aromatic heterocycles. The molecule has 0 atom stereocenters. The van der Waals surface area contributed by atoms with Crippen LogP contribution in [0.25, 0.3) is 0 Å². The van der Waals surface area contributed by atoms with Crippen LogP contribution in [-0.2, 0) is 19.4 Å². The van der Waals surface area contributed by atoms with Crippen molar-refractivity contribution in [1.82, 2.24) is 25.4 Å². The molecule has 0 saturated carbocycles. The third-order valence-electron chi connectivity index (χ3n) is 3.56. The SMILES string of the molecule is CCNC(=NCCc1nnc2n1CCCCC2)NC(C)C. The molecule has 0 bridgehead atoms. The number of nitrogens with zero attached hydrogens (tertiary/aromatic N) is 4. The van der Waals surface area contributed by atoms with Crippen LogP contribution in [0.1, 0.15) is 51.7 Å². The van der Waals surface area contributed by atoms with Crippen molar-refractivity contribution in [3.05, 3.63) is 11.6 Å². The number of hydrogen-bond donors (Lipinski definition) is 2. The maximum Gasteiger partial charge on any atom is 0.191 e. The van der Waals surface area contributed by atoms with Gasteiger partial charge in [0.25, 0.3) is 0 Å². The molecule has 0 unspecified atom stereocenters. The number of hydrogen-bond acceptors (Lipinski definition) is 3. The van der Waals surface area contributed by atoms with E-state index in [0.717, 1.165) is 50.1 Å². The Bertz CT molecular complexity index is 463. The summed E-state index contributed by atoms with van der Waals surface area (Å²) in [6.07, 6.45) is 5.68. The van der Waals surface area contributed by atoms with Gasteiger partial charge in [-0.1, -0.05) is 6.42 Å². The number of aliphatic imine (C=N–C) groups is 1. The number of nitrogens with one attached hydrogen (secondary N) is 2. The Morgan fingerprint density at radius 2 is 2.14 bits per heavy atom. The molecule has 0 amide bonds. The first kappa shape index (κ1) is 15.8. The highest BCUT2D eigenvalue weighted by molar-refractivity contribution is 5.79. The van der Waals surface area contributed by atoms with E-state index in [4.69, 9.17) is 0 Å². The zero-order valence-corrected chi connectivity index (χ0v) is 13.5. The Hall–Kier alpha value is -1.59. The molecular formula is C15H28N6. The number of fused-ring (bicyclic) bond motifs is 1. The molecule has 6 heteroatoms. The Labute approximate surface area is 127 Å². The number of aryl methyl sites for hydroxylation is 1. The van der Waals surface area contributed by atoms with Gasteiger partial charge in [-0.05, 0) is 33.6 Å². The molecule has 0 saturated heterocycles. The van der Waals surface area contributed by atoms with Crippen molar-refractivity contribution in [2.75, 3.05) is 13.1 Å². The Morgan fingerprint density at radius 3 is 2.90 bits per heavy atom. The highest BCUT2D eigenvalue weighted by Crippen LogP contribution is 2.14. The molecular weight excluding hydrogens is 264 g/mol. The minimum absolute atomic E-state index is 0.382. The first-order valence-corrected chi connectivity index (χ1v) is 8.16. The van der Waals surface area contributed by atoms with Crippen molar-refractivity contribution in [1.29, 1.82) is 0 Å². The fraction of sp³-hybridized carbons (Fsp3) is 0.800. The van der Waals surface area contributed by atoms with E-state index in [1.807, 2.05) is 0 Å². The van der Waals surface area contributed by atoms with E-state index in [-0.39, 0.29) is 0 Å². The minimum Gasteiger partial charge on any atom is -0.357 e. The van der Waals surface area contributed by atoms with E-state index in [0.29, 0.717) is 6.04 Å². The lowest BCUT2D eigenvalue weighted by Crippen LogP contribution is -2.41. The van der Waals surface area contributed by atoms with Gasteiger partial charge < -0.3 is 15.2 Å². The van der Waals surface area contributed by atoms with E-state index >= 15 is 0 Å². The monoisotopic (exact) mass is 292 g/mol. The van der Waals surface area contributed by atoms with Crippen molar-refractivity contribution in [3.63, 3.8) is 0 Å². The molecule has 1 aromatic rings. The summed E-state index contributed by atoms with van der Waals surface area (Å²) in [5, 5.41) is 15.3. The summed E-state index contributed by atoms with van der Waals surface area (Å²) in [5.74, 6) is 3.11. The molecule has 2 heterocycles. The van der Waals surface area contributed by atoms with Crippen molar-refractivity contribution in [3.8, 4) is 0 Å². The number of guanidine groups is 1. The van der Waals surface area contributed by atoms with E-state index < -0.39 is 0 Å². The van der Waals surface area contributed by atoms with Crippen molar-refractivity contribution in [2.24, 2.45) is 4.99 Å². The maximum absolute atomic E-state index is 4.61. The molecule has 1 aliphatic rings. The normalized spacial score (nSPS) is 15.7. The highest BCUT2D eigenvalue weighted by Gasteiger charge is 2.14. The Kier molecular flexibility index (Phi) is 6.02. The molecule has 0 spiro atoms. The van der Waals surface area contributed by atoms with Gasteiger partial charge >= 0.3 is 0 Å². The summed E-state index contributed by atoms with van der Waals surface area (Å²) < 4.78 is 2.30. The van der Waals surface area contributed by atoms with Crippen LogP contribution in [0.3, 0.4) is 0 Å². The molecule has 0 aromatic carbocycles. The largest absolute Gasteiger partial charge is 0.357 e. The first-order valence-electron chi connectivity index (χ1n) is 8.16. The second kappa shape index (κ2) is 8.00. The van der Waals surface area contributed by atoms with Gasteiger partial charge in [-0.15, -0.1) is 10.2 Å². The second-order valence-electron chi connectivity index (χ2n) is 5.80. The van der Waals surface area contributed by atoms with Crippen LogP contribution in [0, 0.1) is 0 Å². The van der Waals surface area contributed by atoms with Crippen LogP contribution < -0.4 is 10.6 Å². The lowest BCUT2D eigenvalue weighted by Gasteiger charge is -2.13. The Morgan fingerprint density at radius 1 is 1.29 bits per heavy atom. The quantitative estimate of drug-likeness (QED) is 0.638. The van der Waals surface area contributed by atoms with E-state index in [1.165, 1.54) is 19.3 Å². The standard InChI is InChI=1S/C15H28N6/c1-4-16-15(18-12(2)3)17-10-9-14-20-19-13-8-6-5-7-11-21(13)14/h12H,4-11H2,1-3H3,(H2,16,17,18). The zero-order chi connectivity index (χ0) is 15.1. The molecule has 1 aliphatic heterocycles. The number of aromatic nitrogens is 3. The lowest BCUT2D eigenvalue weighted by atomic mass is 10.2. The van der Waals surface area contributed by atoms with Gasteiger partial charge in [-0.2, -0.15) is 0 Å². The van der Waals surface area contributed by atoms with Gasteiger partial charge in [0.05, 0.1) is 0 Å². The average molecular weight is 292 g/mol. The van der Waals surface area contributed by atoms with Gasteiger partial charge in [0.1, 0.15) is 11.6 Å². The summed E-state index contributed by atoms with van der Waals surface area (Å²) >= 11 is 0. The van der Waals surface area contributed by atoms with Gasteiger partial charge in [-0.3, -0.25) is 4.99 Å². The maximum atomic E-state index is 4.61. The molecule has 118 valence electrons. The molecule has 2 N–H and O–H groups in total. The Balaban J connectivity index is 1.94. The average Bonchev–Trinajstić information content (AvgIpc) is 2.67. The topological polar surface area (TPSA) is 67.1 Å². The van der Waals surface area contributed by atoms with Crippen LogP contribution >= 0.6 is 0 Å².